The van der Waals surface area contributed by atoms with E-state index in [4.69, 9.17) is 0 Å². The summed E-state index contributed by atoms with van der Waals surface area (Å²) in [7, 11) is 0. The van der Waals surface area contributed by atoms with Crippen LogP contribution in [0.3, 0.4) is 0 Å². The molecule has 1 heterocycles. The van der Waals surface area contributed by atoms with Gasteiger partial charge in [-0.05, 0) is 31.7 Å². The SMILES string of the molecule is CC(=O)N1CCC(NC(C)Cc2ccccc2)CC1. The molecule has 1 aromatic rings. The Morgan fingerprint density at radius 1 is 1.32 bits per heavy atom. The fourth-order valence-electron chi connectivity index (χ4n) is 2.79. The maximum atomic E-state index is 11.3. The van der Waals surface area contributed by atoms with Crippen LogP contribution in [-0.4, -0.2) is 36.0 Å². The molecular weight excluding hydrogens is 236 g/mol. The summed E-state index contributed by atoms with van der Waals surface area (Å²) in [4.78, 5) is 13.2. The first-order valence-electron chi connectivity index (χ1n) is 7.20. The third-order valence-corrected chi connectivity index (χ3v) is 3.85. The molecule has 1 fully saturated rings. The van der Waals surface area contributed by atoms with Crippen LogP contribution in [-0.2, 0) is 11.2 Å². The Morgan fingerprint density at radius 3 is 2.53 bits per heavy atom. The summed E-state index contributed by atoms with van der Waals surface area (Å²) in [5, 5.41) is 3.69. The predicted octanol–water partition coefficient (Wildman–Crippen LogP) is 2.22. The number of carbonyl (C=O) groups is 1. The molecule has 1 aromatic carbocycles. The zero-order valence-electron chi connectivity index (χ0n) is 11.9. The molecule has 1 aliphatic rings. The van der Waals surface area contributed by atoms with Crippen molar-refractivity contribution in [3.8, 4) is 0 Å². The molecule has 0 radical (unpaired) electrons. The molecule has 1 saturated heterocycles. The number of amides is 1. The summed E-state index contributed by atoms with van der Waals surface area (Å²) in [6, 6.07) is 11.6. The van der Waals surface area contributed by atoms with Crippen LogP contribution in [0.25, 0.3) is 0 Å². The first kappa shape index (κ1) is 14.1. The summed E-state index contributed by atoms with van der Waals surface area (Å²) >= 11 is 0. The molecule has 1 aliphatic heterocycles. The molecule has 1 amide bonds. The zero-order valence-corrected chi connectivity index (χ0v) is 11.9. The molecular formula is C16H24N2O. The number of nitrogens with zero attached hydrogens (tertiary/aromatic N) is 1. The second kappa shape index (κ2) is 6.71. The van der Waals surface area contributed by atoms with E-state index in [-0.39, 0.29) is 5.91 Å². The topological polar surface area (TPSA) is 32.3 Å². The number of hydrogen-bond acceptors (Lipinski definition) is 2. The smallest absolute Gasteiger partial charge is 0.219 e. The van der Waals surface area contributed by atoms with Gasteiger partial charge in [-0.15, -0.1) is 0 Å². The second-order valence-electron chi connectivity index (χ2n) is 5.54. The van der Waals surface area contributed by atoms with Crippen LogP contribution in [0, 0.1) is 0 Å². The van der Waals surface area contributed by atoms with Gasteiger partial charge in [0, 0.05) is 32.1 Å². The van der Waals surface area contributed by atoms with Crippen LogP contribution >= 0.6 is 0 Å². The predicted molar refractivity (Wildman–Crippen MR) is 78.0 cm³/mol. The average molecular weight is 260 g/mol. The summed E-state index contributed by atoms with van der Waals surface area (Å²) in [5.41, 5.74) is 1.38. The number of piperidine rings is 1. The van der Waals surface area contributed by atoms with E-state index >= 15 is 0 Å². The van der Waals surface area contributed by atoms with E-state index < -0.39 is 0 Å². The highest BCUT2D eigenvalue weighted by atomic mass is 16.2. The average Bonchev–Trinajstić information content (AvgIpc) is 2.40. The van der Waals surface area contributed by atoms with Crippen molar-refractivity contribution < 1.29 is 4.79 Å². The summed E-state index contributed by atoms with van der Waals surface area (Å²) in [6.07, 6.45) is 3.20. The van der Waals surface area contributed by atoms with E-state index in [9.17, 15) is 4.79 Å². The van der Waals surface area contributed by atoms with Gasteiger partial charge in [-0.2, -0.15) is 0 Å². The van der Waals surface area contributed by atoms with Crippen molar-refractivity contribution in [2.75, 3.05) is 13.1 Å². The number of rotatable bonds is 4. The largest absolute Gasteiger partial charge is 0.343 e. The maximum Gasteiger partial charge on any atom is 0.219 e. The van der Waals surface area contributed by atoms with E-state index in [2.05, 4.69) is 42.6 Å². The van der Waals surface area contributed by atoms with Gasteiger partial charge >= 0.3 is 0 Å². The molecule has 0 aromatic heterocycles. The van der Waals surface area contributed by atoms with Gasteiger partial charge in [-0.1, -0.05) is 30.3 Å². The van der Waals surface area contributed by atoms with Crippen molar-refractivity contribution >= 4 is 5.91 Å². The number of nitrogens with one attached hydrogen (secondary N) is 1. The minimum Gasteiger partial charge on any atom is -0.343 e. The van der Waals surface area contributed by atoms with E-state index in [1.54, 1.807) is 6.92 Å². The molecule has 0 bridgehead atoms. The van der Waals surface area contributed by atoms with Crippen LogP contribution in [0.15, 0.2) is 30.3 Å². The van der Waals surface area contributed by atoms with Gasteiger partial charge < -0.3 is 10.2 Å². The van der Waals surface area contributed by atoms with Crippen molar-refractivity contribution in [2.45, 2.75) is 45.2 Å². The fourth-order valence-corrected chi connectivity index (χ4v) is 2.79. The third-order valence-electron chi connectivity index (χ3n) is 3.85. The second-order valence-corrected chi connectivity index (χ2v) is 5.54. The number of benzene rings is 1. The molecule has 19 heavy (non-hydrogen) atoms. The quantitative estimate of drug-likeness (QED) is 0.900. The lowest BCUT2D eigenvalue weighted by molar-refractivity contribution is -0.129. The lowest BCUT2D eigenvalue weighted by atomic mass is 10.0. The van der Waals surface area contributed by atoms with Crippen LogP contribution in [0.5, 0.6) is 0 Å². The van der Waals surface area contributed by atoms with Crippen molar-refractivity contribution in [2.24, 2.45) is 0 Å². The molecule has 0 aliphatic carbocycles. The van der Waals surface area contributed by atoms with Crippen molar-refractivity contribution in [1.82, 2.24) is 10.2 Å². The fraction of sp³-hybridized carbons (Fsp3) is 0.562. The minimum atomic E-state index is 0.204. The lowest BCUT2D eigenvalue weighted by Crippen LogP contribution is -2.47. The first-order valence-corrected chi connectivity index (χ1v) is 7.20. The van der Waals surface area contributed by atoms with Gasteiger partial charge in [0.05, 0.1) is 0 Å². The number of likely N-dealkylation sites (tertiary alicyclic amines) is 1. The first-order chi connectivity index (χ1) is 9.15. The van der Waals surface area contributed by atoms with Crippen molar-refractivity contribution in [1.29, 1.82) is 0 Å². The van der Waals surface area contributed by atoms with E-state index in [0.29, 0.717) is 12.1 Å². The van der Waals surface area contributed by atoms with Gasteiger partial charge in [0.15, 0.2) is 0 Å². The molecule has 1 N–H and O–H groups in total. The Hall–Kier alpha value is -1.35. The summed E-state index contributed by atoms with van der Waals surface area (Å²) < 4.78 is 0. The minimum absolute atomic E-state index is 0.204. The van der Waals surface area contributed by atoms with Crippen molar-refractivity contribution in [3.05, 3.63) is 35.9 Å². The normalized spacial score (nSPS) is 18.3. The Balaban J connectivity index is 1.75. The molecule has 1 atom stereocenters. The van der Waals surface area contributed by atoms with Crippen LogP contribution < -0.4 is 5.32 Å². The lowest BCUT2D eigenvalue weighted by Gasteiger charge is -2.33. The maximum absolute atomic E-state index is 11.3. The molecule has 3 heteroatoms. The molecule has 3 nitrogen and oxygen atoms in total. The standard InChI is InChI=1S/C16H24N2O/c1-13(12-15-6-4-3-5-7-15)17-16-8-10-18(11-9-16)14(2)19/h3-7,13,16-17H,8-12H2,1-2H3. The zero-order chi connectivity index (χ0) is 13.7. The van der Waals surface area contributed by atoms with Crippen molar-refractivity contribution in [3.63, 3.8) is 0 Å². The highest BCUT2D eigenvalue weighted by Crippen LogP contribution is 2.12. The number of carbonyl (C=O) groups excluding carboxylic acids is 1. The molecule has 1 unspecified atom stereocenters. The van der Waals surface area contributed by atoms with E-state index in [0.717, 1.165) is 32.4 Å². The Morgan fingerprint density at radius 2 is 1.95 bits per heavy atom. The Kier molecular flexibility index (Phi) is 4.97. The van der Waals surface area contributed by atoms with Gasteiger partial charge in [0.1, 0.15) is 0 Å². The van der Waals surface area contributed by atoms with Gasteiger partial charge in [-0.3, -0.25) is 4.79 Å². The Bertz CT molecular complexity index is 396. The highest BCUT2D eigenvalue weighted by molar-refractivity contribution is 5.73. The van der Waals surface area contributed by atoms with Crippen LogP contribution in [0.2, 0.25) is 0 Å². The van der Waals surface area contributed by atoms with Crippen LogP contribution in [0.4, 0.5) is 0 Å². The third kappa shape index (κ3) is 4.35. The summed E-state index contributed by atoms with van der Waals surface area (Å²) in [6.45, 7) is 5.69. The number of hydrogen-bond donors (Lipinski definition) is 1. The van der Waals surface area contributed by atoms with Gasteiger partial charge in [0.25, 0.3) is 0 Å². The Labute approximate surface area is 116 Å². The van der Waals surface area contributed by atoms with Gasteiger partial charge in [0.2, 0.25) is 5.91 Å². The highest BCUT2D eigenvalue weighted by Gasteiger charge is 2.21. The molecule has 104 valence electrons. The molecule has 0 saturated carbocycles. The molecule has 0 spiro atoms. The van der Waals surface area contributed by atoms with Crippen LogP contribution in [0.1, 0.15) is 32.3 Å². The summed E-state index contributed by atoms with van der Waals surface area (Å²) in [5.74, 6) is 0.204. The van der Waals surface area contributed by atoms with E-state index in [1.165, 1.54) is 5.56 Å². The monoisotopic (exact) mass is 260 g/mol. The van der Waals surface area contributed by atoms with Gasteiger partial charge in [-0.25, -0.2) is 0 Å². The molecule has 2 rings (SSSR count). The van der Waals surface area contributed by atoms with E-state index in [1.807, 2.05) is 4.90 Å².